The van der Waals surface area contributed by atoms with E-state index in [9.17, 15) is 13.2 Å². The van der Waals surface area contributed by atoms with E-state index in [1.807, 2.05) is 19.9 Å². The molecule has 0 aliphatic heterocycles. The Morgan fingerprint density at radius 2 is 1.86 bits per heavy atom. The summed E-state index contributed by atoms with van der Waals surface area (Å²) in [6.45, 7) is 3.86. The number of aromatic nitrogens is 2. The summed E-state index contributed by atoms with van der Waals surface area (Å²) in [7, 11) is 0. The fraction of sp³-hybridized carbons (Fsp3) is 0.286. The molecule has 2 rings (SSSR count). The van der Waals surface area contributed by atoms with Crippen molar-refractivity contribution in [2.45, 2.75) is 36.6 Å². The van der Waals surface area contributed by atoms with Crippen LogP contribution in [0, 0.1) is 13.8 Å². The fourth-order valence-corrected chi connectivity index (χ4v) is 2.89. The lowest BCUT2D eigenvalue weighted by atomic mass is 10.2. The molecule has 0 amide bonds. The number of aryl methyl sites for hydroxylation is 2. The third-order valence-electron chi connectivity index (χ3n) is 2.72. The first-order valence-electron chi connectivity index (χ1n) is 6.20. The van der Waals surface area contributed by atoms with Crippen LogP contribution < -0.4 is 5.73 Å². The van der Waals surface area contributed by atoms with Gasteiger partial charge in [-0.05, 0) is 54.9 Å². The summed E-state index contributed by atoms with van der Waals surface area (Å²) in [6.07, 6.45) is -4.47. The van der Waals surface area contributed by atoms with Crippen molar-refractivity contribution in [2.24, 2.45) is 5.73 Å². The van der Waals surface area contributed by atoms with Crippen molar-refractivity contribution in [1.29, 1.82) is 0 Å². The Morgan fingerprint density at radius 1 is 1.14 bits per heavy atom. The topological polar surface area (TPSA) is 51.8 Å². The molecule has 0 saturated heterocycles. The van der Waals surface area contributed by atoms with Gasteiger partial charge in [-0.25, -0.2) is 9.97 Å². The van der Waals surface area contributed by atoms with Gasteiger partial charge in [0.2, 0.25) is 0 Å². The third-order valence-corrected chi connectivity index (χ3v) is 3.69. The predicted molar refractivity (Wildman–Crippen MR) is 75.0 cm³/mol. The molecule has 0 aromatic carbocycles. The zero-order valence-corrected chi connectivity index (χ0v) is 12.3. The smallest absolute Gasteiger partial charge is 0.326 e. The maximum atomic E-state index is 12.8. The van der Waals surface area contributed by atoms with Gasteiger partial charge in [0.25, 0.3) is 0 Å². The van der Waals surface area contributed by atoms with Crippen molar-refractivity contribution in [3.63, 3.8) is 0 Å². The highest BCUT2D eigenvalue weighted by atomic mass is 32.2. The summed E-state index contributed by atoms with van der Waals surface area (Å²) in [4.78, 5) is 7.98. The lowest BCUT2D eigenvalue weighted by Gasteiger charge is -2.11. The molecular formula is C14H14F3N3S. The minimum Gasteiger partial charge on any atom is -0.326 e. The van der Waals surface area contributed by atoms with Crippen molar-refractivity contribution >= 4 is 11.8 Å². The Morgan fingerprint density at radius 3 is 2.43 bits per heavy atom. The average molecular weight is 313 g/mol. The van der Waals surface area contributed by atoms with Gasteiger partial charge in [0, 0.05) is 12.2 Å². The molecule has 0 bridgehead atoms. The van der Waals surface area contributed by atoms with E-state index in [1.165, 1.54) is 6.07 Å². The zero-order chi connectivity index (χ0) is 15.6. The van der Waals surface area contributed by atoms with Crippen LogP contribution in [-0.2, 0) is 12.7 Å². The number of rotatable bonds is 3. The van der Waals surface area contributed by atoms with Crippen molar-refractivity contribution < 1.29 is 13.2 Å². The standard InChI is InChI=1S/C14H14F3N3S/c1-8-5-9(2)19-12(6-8)21-13-10(7-18)3-4-11(20-13)14(15,16)17/h3-6H,7,18H2,1-2H3. The highest BCUT2D eigenvalue weighted by Gasteiger charge is 2.33. The van der Waals surface area contributed by atoms with Gasteiger partial charge in [0.15, 0.2) is 0 Å². The third kappa shape index (κ3) is 3.95. The molecule has 2 heterocycles. The van der Waals surface area contributed by atoms with Crippen LogP contribution in [0.5, 0.6) is 0 Å². The maximum Gasteiger partial charge on any atom is 0.433 e. The Labute approximate surface area is 124 Å². The molecule has 0 atom stereocenters. The first-order chi connectivity index (χ1) is 9.79. The Hall–Kier alpha value is -1.60. The predicted octanol–water partition coefficient (Wildman–Crippen LogP) is 3.72. The van der Waals surface area contributed by atoms with Crippen LogP contribution >= 0.6 is 11.8 Å². The number of nitrogens with zero attached hydrogens (tertiary/aromatic N) is 2. The number of hydrogen-bond acceptors (Lipinski definition) is 4. The van der Waals surface area contributed by atoms with Gasteiger partial charge < -0.3 is 5.73 Å². The van der Waals surface area contributed by atoms with Crippen LogP contribution in [0.15, 0.2) is 34.3 Å². The van der Waals surface area contributed by atoms with Gasteiger partial charge in [0.05, 0.1) is 0 Å². The molecule has 112 valence electrons. The normalized spacial score (nSPS) is 11.7. The number of pyridine rings is 2. The van der Waals surface area contributed by atoms with Crippen molar-refractivity contribution in [2.75, 3.05) is 0 Å². The molecule has 0 radical (unpaired) electrons. The summed E-state index contributed by atoms with van der Waals surface area (Å²) < 4.78 is 38.3. The molecule has 0 saturated carbocycles. The number of alkyl halides is 3. The minimum absolute atomic E-state index is 0.123. The van der Waals surface area contributed by atoms with E-state index in [1.54, 1.807) is 6.07 Å². The van der Waals surface area contributed by atoms with Crippen LogP contribution in [0.25, 0.3) is 0 Å². The molecule has 7 heteroatoms. The van der Waals surface area contributed by atoms with Crippen LogP contribution in [0.2, 0.25) is 0 Å². The maximum absolute atomic E-state index is 12.8. The molecule has 2 aromatic rings. The molecule has 0 aliphatic carbocycles. The summed E-state index contributed by atoms with van der Waals surface area (Å²) in [5.41, 5.74) is 7.00. The number of hydrogen-bond donors (Lipinski definition) is 1. The van der Waals surface area contributed by atoms with Crippen molar-refractivity contribution in [3.8, 4) is 0 Å². The molecule has 2 N–H and O–H groups in total. The second-order valence-corrected chi connectivity index (χ2v) is 5.60. The van der Waals surface area contributed by atoms with E-state index in [-0.39, 0.29) is 11.6 Å². The Balaban J connectivity index is 2.41. The SMILES string of the molecule is Cc1cc(C)nc(Sc2nc(C(F)(F)F)ccc2CN)c1. The number of nitrogens with two attached hydrogens (primary N) is 1. The van der Waals surface area contributed by atoms with E-state index in [2.05, 4.69) is 9.97 Å². The average Bonchev–Trinajstić information content (AvgIpc) is 2.36. The van der Waals surface area contributed by atoms with E-state index >= 15 is 0 Å². The lowest BCUT2D eigenvalue weighted by Crippen LogP contribution is -2.10. The zero-order valence-electron chi connectivity index (χ0n) is 11.5. The van der Waals surface area contributed by atoms with Gasteiger partial charge in [-0.3, -0.25) is 0 Å². The van der Waals surface area contributed by atoms with Gasteiger partial charge in [0.1, 0.15) is 15.7 Å². The molecule has 3 nitrogen and oxygen atoms in total. The molecule has 0 unspecified atom stereocenters. The van der Waals surface area contributed by atoms with Gasteiger partial charge in [-0.1, -0.05) is 6.07 Å². The molecule has 0 fully saturated rings. The molecular weight excluding hydrogens is 299 g/mol. The van der Waals surface area contributed by atoms with E-state index in [4.69, 9.17) is 5.73 Å². The van der Waals surface area contributed by atoms with Crippen LogP contribution in [0.4, 0.5) is 13.2 Å². The van der Waals surface area contributed by atoms with Gasteiger partial charge >= 0.3 is 6.18 Å². The fourth-order valence-electron chi connectivity index (χ4n) is 1.83. The second kappa shape index (κ2) is 6.03. The highest BCUT2D eigenvalue weighted by molar-refractivity contribution is 7.99. The largest absolute Gasteiger partial charge is 0.433 e. The lowest BCUT2D eigenvalue weighted by molar-refractivity contribution is -0.141. The molecule has 2 aromatic heterocycles. The summed E-state index contributed by atoms with van der Waals surface area (Å²) in [5.74, 6) is 0. The quantitative estimate of drug-likeness (QED) is 0.938. The van der Waals surface area contributed by atoms with Crippen molar-refractivity contribution in [3.05, 3.63) is 46.8 Å². The summed E-state index contributed by atoms with van der Waals surface area (Å²) in [6, 6.07) is 6.01. The Kier molecular flexibility index (Phi) is 4.53. The molecule has 0 aliphatic rings. The van der Waals surface area contributed by atoms with E-state index in [0.29, 0.717) is 10.6 Å². The number of halogens is 3. The van der Waals surface area contributed by atoms with Gasteiger partial charge in [-0.15, -0.1) is 0 Å². The van der Waals surface area contributed by atoms with Crippen molar-refractivity contribution in [1.82, 2.24) is 9.97 Å². The monoisotopic (exact) mass is 313 g/mol. The summed E-state index contributed by atoms with van der Waals surface area (Å²) >= 11 is 1.10. The van der Waals surface area contributed by atoms with E-state index in [0.717, 1.165) is 29.1 Å². The molecule has 21 heavy (non-hydrogen) atoms. The first-order valence-corrected chi connectivity index (χ1v) is 7.01. The van der Waals surface area contributed by atoms with Gasteiger partial charge in [-0.2, -0.15) is 13.2 Å². The second-order valence-electron chi connectivity index (χ2n) is 4.59. The Bertz CT molecular complexity index is 636. The minimum atomic E-state index is -4.47. The highest BCUT2D eigenvalue weighted by Crippen LogP contribution is 2.33. The molecule has 0 spiro atoms. The first kappa shape index (κ1) is 15.8. The van der Waals surface area contributed by atoms with Crippen LogP contribution in [0.3, 0.4) is 0 Å². The van der Waals surface area contributed by atoms with Crippen LogP contribution in [-0.4, -0.2) is 9.97 Å². The summed E-state index contributed by atoms with van der Waals surface area (Å²) in [5, 5.41) is 0.846. The van der Waals surface area contributed by atoms with Crippen LogP contribution in [0.1, 0.15) is 22.5 Å². The van der Waals surface area contributed by atoms with E-state index < -0.39 is 11.9 Å².